The first-order valence-electron chi connectivity index (χ1n) is 6.40. The van der Waals surface area contributed by atoms with Crippen LogP contribution < -0.4 is 0 Å². The summed E-state index contributed by atoms with van der Waals surface area (Å²) in [5, 5.41) is 4.42. The summed E-state index contributed by atoms with van der Waals surface area (Å²) in [5.41, 5.74) is 3.80. The fourth-order valence-corrected chi connectivity index (χ4v) is 2.56. The van der Waals surface area contributed by atoms with Gasteiger partial charge >= 0.3 is 0 Å². The first kappa shape index (κ1) is 13.1. The molecular weight excluding hydrogens is 276 g/mol. The summed E-state index contributed by atoms with van der Waals surface area (Å²) in [6, 6.07) is 1.90. The molecule has 3 rings (SSSR count). The fraction of sp³-hybridized carbons (Fsp3) is 0.385. The number of aryl methyl sites for hydroxylation is 3. The largest absolute Gasteiger partial charge is 0.307 e. The molecule has 3 aromatic heterocycles. The number of nitrogens with zero attached hydrogens (tertiary/aromatic N) is 6. The van der Waals surface area contributed by atoms with Crippen molar-refractivity contribution in [2.45, 2.75) is 19.9 Å². The zero-order valence-electron chi connectivity index (χ0n) is 11.4. The number of aromatic nitrogens is 6. The molecular formula is C13H15ClN6. The van der Waals surface area contributed by atoms with Crippen molar-refractivity contribution in [2.24, 2.45) is 7.05 Å². The van der Waals surface area contributed by atoms with Gasteiger partial charge in [0.05, 0.1) is 17.9 Å². The van der Waals surface area contributed by atoms with Crippen LogP contribution in [0.5, 0.6) is 0 Å². The van der Waals surface area contributed by atoms with Gasteiger partial charge in [-0.3, -0.25) is 4.68 Å². The smallest absolute Gasteiger partial charge is 0.159 e. The van der Waals surface area contributed by atoms with E-state index >= 15 is 0 Å². The molecule has 0 aromatic carbocycles. The van der Waals surface area contributed by atoms with E-state index in [-0.39, 0.29) is 0 Å². The minimum atomic E-state index is 0.541. The van der Waals surface area contributed by atoms with Gasteiger partial charge in [0.15, 0.2) is 5.65 Å². The molecule has 0 aliphatic heterocycles. The number of hydrogen-bond acceptors (Lipinski definition) is 4. The molecule has 0 spiro atoms. The lowest BCUT2D eigenvalue weighted by molar-refractivity contribution is 0.682. The Kier molecular flexibility index (Phi) is 3.40. The van der Waals surface area contributed by atoms with Crippen LogP contribution in [-0.4, -0.2) is 35.2 Å². The number of hydrogen-bond donors (Lipinski definition) is 0. The minimum Gasteiger partial charge on any atom is -0.307 e. The molecule has 0 fully saturated rings. The monoisotopic (exact) mass is 290 g/mol. The van der Waals surface area contributed by atoms with Gasteiger partial charge in [-0.2, -0.15) is 5.10 Å². The third-order valence-corrected chi connectivity index (χ3v) is 3.44. The molecule has 104 valence electrons. The Balaban J connectivity index is 2.13. The molecule has 3 heterocycles. The van der Waals surface area contributed by atoms with E-state index < -0.39 is 0 Å². The van der Waals surface area contributed by atoms with Crippen molar-refractivity contribution < 1.29 is 0 Å². The predicted octanol–water partition coefficient (Wildman–Crippen LogP) is 1.70. The maximum atomic E-state index is 5.88. The van der Waals surface area contributed by atoms with Gasteiger partial charge < -0.3 is 4.57 Å². The van der Waals surface area contributed by atoms with Gasteiger partial charge in [0.2, 0.25) is 0 Å². The molecule has 0 unspecified atom stereocenters. The van der Waals surface area contributed by atoms with E-state index in [0.29, 0.717) is 12.4 Å². The second kappa shape index (κ2) is 5.20. The van der Waals surface area contributed by atoms with Crippen LogP contribution in [0.2, 0.25) is 0 Å². The Labute approximate surface area is 121 Å². The zero-order chi connectivity index (χ0) is 14.1. The number of fused-ring (bicyclic) bond motifs is 1. The van der Waals surface area contributed by atoms with Crippen LogP contribution >= 0.6 is 11.6 Å². The van der Waals surface area contributed by atoms with Crippen molar-refractivity contribution >= 4 is 22.8 Å². The molecule has 0 N–H and O–H groups in total. The van der Waals surface area contributed by atoms with E-state index in [1.807, 2.05) is 24.7 Å². The molecule has 7 heteroatoms. The van der Waals surface area contributed by atoms with Gasteiger partial charge in [0, 0.05) is 25.5 Å². The van der Waals surface area contributed by atoms with Crippen LogP contribution in [0.3, 0.4) is 0 Å². The van der Waals surface area contributed by atoms with E-state index in [0.717, 1.165) is 34.8 Å². The Hall–Kier alpha value is -1.95. The summed E-state index contributed by atoms with van der Waals surface area (Å²) in [4.78, 5) is 12.9. The summed E-state index contributed by atoms with van der Waals surface area (Å²) in [7, 11) is 1.93. The normalized spacial score (nSPS) is 11.3. The molecule has 0 atom stereocenters. The van der Waals surface area contributed by atoms with Crippen LogP contribution in [0.1, 0.15) is 17.2 Å². The summed E-state index contributed by atoms with van der Waals surface area (Å²) in [5.74, 6) is 1.50. The van der Waals surface area contributed by atoms with Crippen molar-refractivity contribution in [3.05, 3.63) is 35.8 Å². The average molecular weight is 291 g/mol. The Morgan fingerprint density at radius 3 is 2.90 bits per heavy atom. The Bertz CT molecular complexity index is 730. The van der Waals surface area contributed by atoms with Crippen LogP contribution in [-0.2, 0) is 20.0 Å². The van der Waals surface area contributed by atoms with Gasteiger partial charge in [-0.25, -0.2) is 15.0 Å². The molecule has 0 aliphatic rings. The van der Waals surface area contributed by atoms with Crippen molar-refractivity contribution in [3.8, 4) is 0 Å². The van der Waals surface area contributed by atoms with Gasteiger partial charge in [-0.15, -0.1) is 11.6 Å². The van der Waals surface area contributed by atoms with E-state index in [4.69, 9.17) is 11.6 Å². The first-order valence-corrected chi connectivity index (χ1v) is 6.93. The molecule has 0 amide bonds. The van der Waals surface area contributed by atoms with Crippen LogP contribution in [0.15, 0.2) is 18.6 Å². The lowest BCUT2D eigenvalue weighted by atomic mass is 10.3. The maximum Gasteiger partial charge on any atom is 0.159 e. The highest BCUT2D eigenvalue weighted by Crippen LogP contribution is 2.20. The highest BCUT2D eigenvalue weighted by atomic mass is 35.5. The molecule has 20 heavy (non-hydrogen) atoms. The number of halogens is 1. The highest BCUT2D eigenvalue weighted by molar-refractivity contribution is 6.17. The quantitative estimate of drug-likeness (QED) is 0.686. The van der Waals surface area contributed by atoms with E-state index in [1.54, 1.807) is 12.5 Å². The van der Waals surface area contributed by atoms with E-state index in [2.05, 4.69) is 24.6 Å². The standard InChI is InChI=1S/C13H15ClN6/c1-9-12-13(19(2)18-9)20(11(17-12)3-5-14)7-10-4-6-15-8-16-10/h4,6,8H,3,5,7H2,1-2H3. The van der Waals surface area contributed by atoms with Gasteiger partial charge in [0.25, 0.3) is 0 Å². The second-order valence-electron chi connectivity index (χ2n) is 4.64. The summed E-state index contributed by atoms with van der Waals surface area (Å²) >= 11 is 5.88. The number of imidazole rings is 1. The van der Waals surface area contributed by atoms with Crippen molar-refractivity contribution in [1.29, 1.82) is 0 Å². The van der Waals surface area contributed by atoms with Gasteiger partial charge in [0.1, 0.15) is 17.7 Å². The summed E-state index contributed by atoms with van der Waals surface area (Å²) < 4.78 is 3.98. The summed E-state index contributed by atoms with van der Waals surface area (Å²) in [6.45, 7) is 2.61. The first-order chi connectivity index (χ1) is 9.70. The van der Waals surface area contributed by atoms with E-state index in [9.17, 15) is 0 Å². The lowest BCUT2D eigenvalue weighted by Gasteiger charge is -2.08. The second-order valence-corrected chi connectivity index (χ2v) is 5.01. The molecule has 3 aromatic rings. The molecule has 0 saturated heterocycles. The van der Waals surface area contributed by atoms with Crippen molar-refractivity contribution in [1.82, 2.24) is 29.3 Å². The summed E-state index contributed by atoms with van der Waals surface area (Å²) in [6.07, 6.45) is 4.02. The lowest BCUT2D eigenvalue weighted by Crippen LogP contribution is -2.10. The number of rotatable bonds is 4. The highest BCUT2D eigenvalue weighted by Gasteiger charge is 2.17. The molecule has 0 radical (unpaired) electrons. The maximum absolute atomic E-state index is 5.88. The third-order valence-electron chi connectivity index (χ3n) is 3.25. The van der Waals surface area contributed by atoms with E-state index in [1.165, 1.54) is 0 Å². The van der Waals surface area contributed by atoms with Crippen LogP contribution in [0.25, 0.3) is 11.2 Å². The Morgan fingerprint density at radius 2 is 2.20 bits per heavy atom. The zero-order valence-corrected chi connectivity index (χ0v) is 12.2. The fourth-order valence-electron chi connectivity index (χ4n) is 2.40. The molecule has 0 saturated carbocycles. The number of alkyl halides is 1. The van der Waals surface area contributed by atoms with Crippen LogP contribution in [0, 0.1) is 6.92 Å². The SMILES string of the molecule is Cc1nn(C)c2c1nc(CCCl)n2Cc1ccncn1. The van der Waals surface area contributed by atoms with Crippen molar-refractivity contribution in [3.63, 3.8) is 0 Å². The van der Waals surface area contributed by atoms with Crippen LogP contribution in [0.4, 0.5) is 0 Å². The van der Waals surface area contributed by atoms with Gasteiger partial charge in [-0.05, 0) is 13.0 Å². The molecule has 6 nitrogen and oxygen atoms in total. The average Bonchev–Trinajstić information content (AvgIpc) is 2.92. The third kappa shape index (κ3) is 2.16. The van der Waals surface area contributed by atoms with Gasteiger partial charge in [-0.1, -0.05) is 0 Å². The topological polar surface area (TPSA) is 61.4 Å². The predicted molar refractivity (Wildman–Crippen MR) is 76.8 cm³/mol. The Morgan fingerprint density at radius 1 is 1.35 bits per heavy atom. The van der Waals surface area contributed by atoms with Crippen molar-refractivity contribution in [2.75, 3.05) is 5.88 Å². The minimum absolute atomic E-state index is 0.541. The molecule has 0 bridgehead atoms. The molecule has 0 aliphatic carbocycles.